The van der Waals surface area contributed by atoms with Crippen molar-refractivity contribution in [3.8, 4) is 6.07 Å². The zero-order valence-corrected chi connectivity index (χ0v) is 22.2. The van der Waals surface area contributed by atoms with Gasteiger partial charge in [-0.05, 0) is 81.5 Å². The maximum absolute atomic E-state index is 14.1. The molecule has 2 aromatic rings. The van der Waals surface area contributed by atoms with Gasteiger partial charge < -0.3 is 0 Å². The standard InChI is InChI=1S/C30H36F6N2/c1-4-24(38(21(2)3)19-17-22-10-6-5-7-11-22)16-18-28(20-37,23-12-8-13-23)27-25(29(31,32)33)14-9-15-26(27)30(34,35)36/h5-7,9-11,14-15,21,23-24H,4,8,12-13,16-19H2,1-3H3. The molecule has 0 spiro atoms. The van der Waals surface area contributed by atoms with Gasteiger partial charge >= 0.3 is 12.4 Å². The first-order valence-corrected chi connectivity index (χ1v) is 13.3. The third-order valence-electron chi connectivity index (χ3n) is 8.10. The van der Waals surface area contributed by atoms with Crippen LogP contribution in [0.1, 0.15) is 81.5 Å². The highest BCUT2D eigenvalue weighted by atomic mass is 19.4. The van der Waals surface area contributed by atoms with Gasteiger partial charge in [-0.15, -0.1) is 0 Å². The van der Waals surface area contributed by atoms with Gasteiger partial charge in [0.25, 0.3) is 0 Å². The summed E-state index contributed by atoms with van der Waals surface area (Å²) in [5.74, 6) is -0.550. The lowest BCUT2D eigenvalue weighted by atomic mass is 9.58. The Labute approximate surface area is 221 Å². The Morgan fingerprint density at radius 3 is 1.92 bits per heavy atom. The van der Waals surface area contributed by atoms with E-state index in [9.17, 15) is 31.6 Å². The molecule has 1 fully saturated rings. The zero-order valence-electron chi connectivity index (χ0n) is 22.2. The van der Waals surface area contributed by atoms with E-state index >= 15 is 0 Å². The summed E-state index contributed by atoms with van der Waals surface area (Å²) in [5, 5.41) is 10.4. The fourth-order valence-electron chi connectivity index (χ4n) is 5.91. The number of nitriles is 1. The van der Waals surface area contributed by atoms with Crippen LogP contribution in [0.25, 0.3) is 0 Å². The van der Waals surface area contributed by atoms with Gasteiger partial charge in [0.15, 0.2) is 0 Å². The van der Waals surface area contributed by atoms with Gasteiger partial charge in [0.1, 0.15) is 0 Å². The molecule has 0 saturated heterocycles. The second-order valence-electron chi connectivity index (χ2n) is 10.6. The molecule has 2 atom stereocenters. The van der Waals surface area contributed by atoms with Crippen LogP contribution >= 0.6 is 0 Å². The molecule has 0 radical (unpaired) electrons. The molecule has 38 heavy (non-hydrogen) atoms. The second-order valence-corrected chi connectivity index (χ2v) is 10.6. The fraction of sp³-hybridized carbons (Fsp3) is 0.567. The van der Waals surface area contributed by atoms with Crippen LogP contribution in [0, 0.1) is 17.2 Å². The van der Waals surface area contributed by atoms with Crippen molar-refractivity contribution in [1.29, 1.82) is 5.26 Å². The van der Waals surface area contributed by atoms with Crippen LogP contribution in [0.15, 0.2) is 48.5 Å². The lowest BCUT2D eigenvalue weighted by Gasteiger charge is -2.44. The van der Waals surface area contributed by atoms with Crippen molar-refractivity contribution in [2.24, 2.45) is 5.92 Å². The normalized spacial score (nSPS) is 17.2. The van der Waals surface area contributed by atoms with Crippen LogP contribution in [0.4, 0.5) is 26.3 Å². The van der Waals surface area contributed by atoms with Gasteiger partial charge in [-0.2, -0.15) is 31.6 Å². The first kappa shape index (κ1) is 30.0. The van der Waals surface area contributed by atoms with E-state index in [0.717, 1.165) is 18.1 Å². The average molecular weight is 539 g/mol. The van der Waals surface area contributed by atoms with Crippen molar-refractivity contribution in [3.05, 3.63) is 70.8 Å². The molecule has 2 unspecified atom stereocenters. The second kappa shape index (κ2) is 12.1. The van der Waals surface area contributed by atoms with Gasteiger partial charge in [0, 0.05) is 18.6 Å². The summed E-state index contributed by atoms with van der Waals surface area (Å²) in [7, 11) is 0. The molecule has 208 valence electrons. The number of halogens is 6. The molecule has 8 heteroatoms. The summed E-state index contributed by atoms with van der Waals surface area (Å²) in [6.07, 6.45) is -6.72. The minimum Gasteiger partial charge on any atom is -0.298 e. The van der Waals surface area contributed by atoms with Crippen molar-refractivity contribution in [2.45, 2.75) is 95.6 Å². The molecule has 0 aliphatic heterocycles. The molecule has 3 rings (SSSR count). The molecule has 2 aromatic carbocycles. The van der Waals surface area contributed by atoms with Crippen LogP contribution in [-0.4, -0.2) is 23.5 Å². The number of alkyl halides is 6. The van der Waals surface area contributed by atoms with Gasteiger partial charge in [0.2, 0.25) is 0 Å². The van der Waals surface area contributed by atoms with Gasteiger partial charge in [-0.1, -0.05) is 49.7 Å². The lowest BCUT2D eigenvalue weighted by Crippen LogP contribution is -2.45. The lowest BCUT2D eigenvalue weighted by molar-refractivity contribution is -0.145. The monoisotopic (exact) mass is 538 g/mol. The summed E-state index contributed by atoms with van der Waals surface area (Å²) in [5.41, 5.74) is -4.30. The maximum Gasteiger partial charge on any atom is 0.416 e. The summed E-state index contributed by atoms with van der Waals surface area (Å²) in [6.45, 7) is 6.76. The third kappa shape index (κ3) is 6.54. The largest absolute Gasteiger partial charge is 0.416 e. The van der Waals surface area contributed by atoms with Crippen LogP contribution < -0.4 is 0 Å². The smallest absolute Gasteiger partial charge is 0.298 e. The van der Waals surface area contributed by atoms with E-state index in [4.69, 9.17) is 0 Å². The SMILES string of the molecule is CCC(CCC(C#N)(c1c(C(F)(F)F)cccc1C(F)(F)F)C1CCC1)N(CCc1ccccc1)C(C)C. The summed E-state index contributed by atoms with van der Waals surface area (Å²) >= 11 is 0. The van der Waals surface area contributed by atoms with Crippen molar-refractivity contribution >= 4 is 0 Å². The van der Waals surface area contributed by atoms with Gasteiger partial charge in [-0.3, -0.25) is 4.90 Å². The van der Waals surface area contributed by atoms with E-state index in [1.807, 2.05) is 57.2 Å². The molecule has 0 amide bonds. The summed E-state index contributed by atoms with van der Waals surface area (Å²) in [6, 6.07) is 14.2. The van der Waals surface area contributed by atoms with Gasteiger partial charge in [0.05, 0.1) is 22.6 Å². The molecule has 0 aromatic heterocycles. The first-order chi connectivity index (χ1) is 17.8. The molecule has 0 bridgehead atoms. The van der Waals surface area contributed by atoms with E-state index in [0.29, 0.717) is 50.8 Å². The molecular weight excluding hydrogens is 502 g/mol. The number of rotatable bonds is 11. The predicted octanol–water partition coefficient (Wildman–Crippen LogP) is 8.80. The summed E-state index contributed by atoms with van der Waals surface area (Å²) in [4.78, 5) is 2.26. The van der Waals surface area contributed by atoms with E-state index in [1.54, 1.807) is 0 Å². The van der Waals surface area contributed by atoms with E-state index in [-0.39, 0.29) is 18.5 Å². The van der Waals surface area contributed by atoms with E-state index in [1.165, 1.54) is 0 Å². The quantitative estimate of drug-likeness (QED) is 0.267. The number of hydrogen-bond acceptors (Lipinski definition) is 2. The van der Waals surface area contributed by atoms with Crippen molar-refractivity contribution in [3.63, 3.8) is 0 Å². The Balaban J connectivity index is 2.01. The Morgan fingerprint density at radius 1 is 0.921 bits per heavy atom. The molecular formula is C30H36F6N2. The van der Waals surface area contributed by atoms with Crippen LogP contribution in [0.3, 0.4) is 0 Å². The molecule has 0 N–H and O–H groups in total. The fourth-order valence-corrected chi connectivity index (χ4v) is 5.91. The number of benzene rings is 2. The third-order valence-corrected chi connectivity index (χ3v) is 8.10. The molecule has 2 nitrogen and oxygen atoms in total. The van der Waals surface area contributed by atoms with Gasteiger partial charge in [-0.25, -0.2) is 0 Å². The minimum absolute atomic E-state index is 0.0581. The van der Waals surface area contributed by atoms with Crippen molar-refractivity contribution in [1.82, 2.24) is 4.90 Å². The number of nitrogens with zero attached hydrogens (tertiary/aromatic N) is 2. The highest BCUT2D eigenvalue weighted by Gasteiger charge is 2.53. The Kier molecular flexibility index (Phi) is 9.57. The Morgan fingerprint density at radius 2 is 1.50 bits per heavy atom. The maximum atomic E-state index is 14.1. The van der Waals surface area contributed by atoms with E-state index in [2.05, 4.69) is 4.90 Å². The highest BCUT2D eigenvalue weighted by molar-refractivity contribution is 5.49. The Bertz CT molecular complexity index is 1050. The molecule has 1 aliphatic rings. The zero-order chi connectivity index (χ0) is 28.1. The number of hydrogen-bond donors (Lipinski definition) is 0. The molecule has 0 heterocycles. The first-order valence-electron chi connectivity index (χ1n) is 13.3. The Hall–Kier alpha value is -2.53. The average Bonchev–Trinajstić information content (AvgIpc) is 2.82. The minimum atomic E-state index is -5.01. The van der Waals surface area contributed by atoms with Crippen LogP contribution in [-0.2, 0) is 24.2 Å². The highest BCUT2D eigenvalue weighted by Crippen LogP contribution is 2.53. The van der Waals surface area contributed by atoms with Crippen molar-refractivity contribution < 1.29 is 26.3 Å². The topological polar surface area (TPSA) is 27.0 Å². The predicted molar refractivity (Wildman–Crippen MR) is 136 cm³/mol. The van der Waals surface area contributed by atoms with Crippen LogP contribution in [0.2, 0.25) is 0 Å². The van der Waals surface area contributed by atoms with Crippen LogP contribution in [0.5, 0.6) is 0 Å². The summed E-state index contributed by atoms with van der Waals surface area (Å²) < 4.78 is 84.9. The molecule has 1 saturated carbocycles. The molecule has 1 aliphatic carbocycles. The van der Waals surface area contributed by atoms with E-state index < -0.39 is 40.4 Å². The van der Waals surface area contributed by atoms with Crippen molar-refractivity contribution in [2.75, 3.05) is 6.54 Å².